The number of thiazole rings is 1. The van der Waals surface area contributed by atoms with Gasteiger partial charge in [0.05, 0.1) is 43.0 Å². The second kappa shape index (κ2) is 13.9. The van der Waals surface area contributed by atoms with Crippen molar-refractivity contribution in [2.45, 2.75) is 26.2 Å². The molecule has 43 heavy (non-hydrogen) atoms. The van der Waals surface area contributed by atoms with Crippen molar-refractivity contribution in [3.05, 3.63) is 81.5 Å². The van der Waals surface area contributed by atoms with Gasteiger partial charge in [-0.15, -0.1) is 0 Å². The number of hydrazine groups is 1. The first-order valence-electron chi connectivity index (χ1n) is 13.1. The van der Waals surface area contributed by atoms with Gasteiger partial charge in [-0.1, -0.05) is 17.4 Å². The largest absolute Gasteiger partial charge is 0.453 e. The molecule has 6 N–H and O–H groups in total. The number of rotatable bonds is 9. The minimum atomic E-state index is -4.57. The van der Waals surface area contributed by atoms with Crippen LogP contribution in [0.25, 0.3) is 5.70 Å². The predicted molar refractivity (Wildman–Crippen MR) is 157 cm³/mol. The summed E-state index contributed by atoms with van der Waals surface area (Å²) in [5.41, 5.74) is 7.89. The van der Waals surface area contributed by atoms with E-state index in [1.807, 2.05) is 11.8 Å². The molecule has 0 unspecified atom stereocenters. The van der Waals surface area contributed by atoms with E-state index in [0.29, 0.717) is 59.7 Å². The van der Waals surface area contributed by atoms with Crippen LogP contribution in [0.5, 0.6) is 0 Å². The average molecular weight is 620 g/mol. The van der Waals surface area contributed by atoms with E-state index in [-0.39, 0.29) is 17.8 Å². The number of hydrogen-bond acceptors (Lipinski definition) is 10. The molecule has 1 fully saturated rings. The molecule has 230 valence electrons. The number of nitrogens with one attached hydrogen (secondary N) is 2. The topological polar surface area (TPSA) is 148 Å². The first-order valence-corrected chi connectivity index (χ1v) is 13.9. The molecule has 11 nitrogen and oxygen atoms in total. The molecule has 2 heterocycles. The van der Waals surface area contributed by atoms with E-state index in [1.165, 1.54) is 24.5 Å². The normalized spacial score (nSPS) is 14.3. The lowest BCUT2D eigenvalue weighted by Gasteiger charge is -2.27. The Morgan fingerprint density at radius 1 is 1.19 bits per heavy atom. The van der Waals surface area contributed by atoms with Crippen LogP contribution in [0.4, 0.5) is 28.8 Å². The van der Waals surface area contributed by atoms with Crippen molar-refractivity contribution >= 4 is 39.9 Å². The first-order chi connectivity index (χ1) is 20.4. The molecule has 0 spiro atoms. The maximum atomic E-state index is 13.7. The van der Waals surface area contributed by atoms with E-state index in [4.69, 9.17) is 16.3 Å². The Morgan fingerprint density at radius 2 is 1.93 bits per heavy atom. The highest BCUT2D eigenvalue weighted by atomic mass is 32.1. The number of methoxy groups -OCH3 is 1. The van der Waals surface area contributed by atoms with Gasteiger partial charge < -0.3 is 25.5 Å². The number of aryl methyl sites for hydroxylation is 1. The zero-order valence-corrected chi connectivity index (χ0v) is 24.3. The highest BCUT2D eigenvalue weighted by molar-refractivity contribution is 7.16. The van der Waals surface area contributed by atoms with Crippen LogP contribution in [0.15, 0.2) is 48.8 Å². The molecule has 0 aliphatic carbocycles. The molecule has 1 aliphatic rings. The molecule has 0 atom stereocenters. The number of carbonyl (C=O) groups is 2. The van der Waals surface area contributed by atoms with Crippen molar-refractivity contribution in [1.82, 2.24) is 14.9 Å². The maximum Gasteiger partial charge on any atom is 0.416 e. The number of halogens is 3. The van der Waals surface area contributed by atoms with Gasteiger partial charge in [-0.3, -0.25) is 15.0 Å². The monoisotopic (exact) mass is 619 g/mol. The Bertz CT molecular complexity index is 1490. The standard InChI is InChI=1S/C28H32F3N7O4S/c1-17-3-4-19(11-20(17)15-38(33)16-23(32)24-13-34-26(43-24)36-27(40)41-2)25(39)35-22-10-18(9-21(12-22)28(29,30)31)14-37-5-7-42-8-6-37/h3-4,9-13,16H,5-8,14-15,32-33H2,1-2H3,(H,35,39)(H,34,36,40)/b23-16-. The van der Waals surface area contributed by atoms with Crippen LogP contribution in [-0.2, 0) is 28.7 Å². The van der Waals surface area contributed by atoms with E-state index in [9.17, 15) is 22.8 Å². The molecule has 1 saturated heterocycles. The minimum absolute atomic E-state index is 0.0481. The molecular formula is C28H32F3N7O4S. The fourth-order valence-corrected chi connectivity index (χ4v) is 5.04. The van der Waals surface area contributed by atoms with Gasteiger partial charge in [-0.05, 0) is 53.9 Å². The molecule has 0 bridgehead atoms. The second-order valence-corrected chi connectivity index (χ2v) is 10.8. The average Bonchev–Trinajstić information content (AvgIpc) is 3.42. The van der Waals surface area contributed by atoms with E-state index >= 15 is 0 Å². The number of alkyl halides is 3. The van der Waals surface area contributed by atoms with Crippen molar-refractivity contribution in [3.63, 3.8) is 0 Å². The maximum absolute atomic E-state index is 13.7. The minimum Gasteiger partial charge on any atom is -0.453 e. The van der Waals surface area contributed by atoms with Gasteiger partial charge in [-0.2, -0.15) is 13.2 Å². The van der Waals surface area contributed by atoms with Crippen LogP contribution in [0.1, 0.15) is 37.5 Å². The Balaban J connectivity index is 1.47. The van der Waals surface area contributed by atoms with Crippen LogP contribution in [-0.4, -0.2) is 60.3 Å². The van der Waals surface area contributed by atoms with Gasteiger partial charge in [0.2, 0.25) is 0 Å². The van der Waals surface area contributed by atoms with Crippen molar-refractivity contribution in [1.29, 1.82) is 0 Å². The lowest BCUT2D eigenvalue weighted by atomic mass is 10.0. The summed E-state index contributed by atoms with van der Waals surface area (Å²) in [6.45, 7) is 4.58. The number of anilines is 2. The third-order valence-corrected chi connectivity index (χ3v) is 7.50. The van der Waals surface area contributed by atoms with Crippen LogP contribution in [0, 0.1) is 6.92 Å². The zero-order chi connectivity index (χ0) is 31.1. The SMILES string of the molecule is COC(=O)Nc1ncc(/C(N)=C/N(N)Cc2cc(C(=O)Nc3cc(CN4CCOCC4)cc(C(F)(F)F)c3)ccc2C)s1. The second-order valence-electron chi connectivity index (χ2n) is 9.80. The molecule has 0 saturated carbocycles. The van der Waals surface area contributed by atoms with Crippen LogP contribution in [0.3, 0.4) is 0 Å². The van der Waals surface area contributed by atoms with Crippen molar-refractivity contribution < 1.29 is 32.2 Å². The van der Waals surface area contributed by atoms with Gasteiger partial charge >= 0.3 is 12.3 Å². The van der Waals surface area contributed by atoms with E-state index in [2.05, 4.69) is 20.4 Å². The van der Waals surface area contributed by atoms with E-state index < -0.39 is 23.7 Å². The highest BCUT2D eigenvalue weighted by Gasteiger charge is 2.31. The number of benzene rings is 2. The molecule has 2 amide bonds. The summed E-state index contributed by atoms with van der Waals surface area (Å²) in [6, 6.07) is 8.54. The molecule has 2 aromatic carbocycles. The Morgan fingerprint density at radius 3 is 2.63 bits per heavy atom. The third kappa shape index (κ3) is 8.90. The van der Waals surface area contributed by atoms with Crippen molar-refractivity contribution in [2.75, 3.05) is 44.0 Å². The lowest BCUT2D eigenvalue weighted by Crippen LogP contribution is -2.35. The number of nitrogens with two attached hydrogens (primary N) is 2. The number of amides is 2. The smallest absolute Gasteiger partial charge is 0.416 e. The number of carbonyl (C=O) groups excluding carboxylic acids is 2. The summed E-state index contributed by atoms with van der Waals surface area (Å²) in [6.07, 6.45) is -2.27. The Kier molecular flexibility index (Phi) is 10.2. The lowest BCUT2D eigenvalue weighted by molar-refractivity contribution is -0.137. The quantitative estimate of drug-likeness (QED) is 0.203. The van der Waals surface area contributed by atoms with Crippen LogP contribution >= 0.6 is 11.3 Å². The number of aromatic nitrogens is 1. The Labute approximate surface area is 250 Å². The summed E-state index contributed by atoms with van der Waals surface area (Å²) < 4.78 is 50.9. The van der Waals surface area contributed by atoms with E-state index in [0.717, 1.165) is 29.0 Å². The molecular weight excluding hydrogens is 587 g/mol. The molecule has 3 aromatic rings. The molecule has 1 aliphatic heterocycles. The summed E-state index contributed by atoms with van der Waals surface area (Å²) in [7, 11) is 1.24. The van der Waals surface area contributed by atoms with Gasteiger partial charge in [0.25, 0.3) is 5.91 Å². The Hall–Kier alpha value is -4.18. The summed E-state index contributed by atoms with van der Waals surface area (Å²) in [5.74, 6) is 5.61. The summed E-state index contributed by atoms with van der Waals surface area (Å²) in [4.78, 5) is 31.1. The number of ether oxygens (including phenoxy) is 2. The zero-order valence-electron chi connectivity index (χ0n) is 23.5. The van der Waals surface area contributed by atoms with Gasteiger partial charge in [0, 0.05) is 43.3 Å². The predicted octanol–water partition coefficient (Wildman–Crippen LogP) is 4.37. The molecule has 15 heteroatoms. The fourth-order valence-electron chi connectivity index (χ4n) is 4.31. The van der Waals surface area contributed by atoms with Gasteiger partial charge in [0.1, 0.15) is 0 Å². The molecule has 0 radical (unpaired) electrons. The van der Waals surface area contributed by atoms with Crippen LogP contribution < -0.4 is 22.2 Å². The van der Waals surface area contributed by atoms with E-state index in [1.54, 1.807) is 24.3 Å². The van der Waals surface area contributed by atoms with Gasteiger partial charge in [-0.25, -0.2) is 15.6 Å². The molecule has 1 aromatic heterocycles. The highest BCUT2D eigenvalue weighted by Crippen LogP contribution is 2.33. The number of morpholine rings is 1. The third-order valence-electron chi connectivity index (χ3n) is 6.54. The van der Waals surface area contributed by atoms with Crippen molar-refractivity contribution in [3.8, 4) is 0 Å². The number of hydrogen-bond donors (Lipinski definition) is 4. The summed E-state index contributed by atoms with van der Waals surface area (Å²) in [5, 5.41) is 6.70. The van der Waals surface area contributed by atoms with Crippen molar-refractivity contribution in [2.24, 2.45) is 11.6 Å². The van der Waals surface area contributed by atoms with Gasteiger partial charge in [0.15, 0.2) is 5.13 Å². The van der Waals surface area contributed by atoms with Crippen LogP contribution in [0.2, 0.25) is 0 Å². The summed E-state index contributed by atoms with van der Waals surface area (Å²) >= 11 is 1.13. The molecule has 4 rings (SSSR count). The number of nitrogens with zero attached hydrogens (tertiary/aromatic N) is 3. The first kappa shape index (κ1) is 31.7. The fraction of sp³-hybridized carbons (Fsp3) is 0.321.